The molecule has 0 radical (unpaired) electrons. The number of aliphatic imine (C=N–C) groups is 1. The zero-order chi connectivity index (χ0) is 19.9. The van der Waals surface area contributed by atoms with Crippen LogP contribution >= 0.6 is 0 Å². The van der Waals surface area contributed by atoms with E-state index in [1.165, 1.54) is 37.9 Å². The lowest BCUT2D eigenvalue weighted by Gasteiger charge is -2.18. The van der Waals surface area contributed by atoms with Crippen molar-refractivity contribution in [3.63, 3.8) is 0 Å². The van der Waals surface area contributed by atoms with Crippen LogP contribution in [-0.4, -0.2) is 49.2 Å². The third-order valence-corrected chi connectivity index (χ3v) is 5.82. The van der Waals surface area contributed by atoms with Gasteiger partial charge in [-0.2, -0.15) is 0 Å². The lowest BCUT2D eigenvalue weighted by atomic mass is 10.1. The maximum atomic E-state index is 6.13. The largest absolute Gasteiger partial charge is 0.490 e. The molecular weight excluding hydrogens is 348 g/mol. The molecule has 1 aliphatic heterocycles. The Bertz CT molecular complexity index is 656. The predicted molar refractivity (Wildman–Crippen MR) is 117 cm³/mol. The Morgan fingerprint density at radius 2 is 2.07 bits per heavy atom. The van der Waals surface area contributed by atoms with Crippen molar-refractivity contribution in [3.05, 3.63) is 29.3 Å². The van der Waals surface area contributed by atoms with Gasteiger partial charge in [0.2, 0.25) is 0 Å². The van der Waals surface area contributed by atoms with Crippen LogP contribution in [0.5, 0.6) is 5.75 Å². The van der Waals surface area contributed by atoms with Crippen molar-refractivity contribution in [1.82, 2.24) is 15.5 Å². The fraction of sp³-hybridized carbons (Fsp3) is 0.696. The molecule has 0 aromatic heterocycles. The first kappa shape index (κ1) is 21.0. The molecule has 2 atom stereocenters. The molecule has 5 heteroatoms. The lowest BCUT2D eigenvalue weighted by molar-refractivity contribution is 0.215. The van der Waals surface area contributed by atoms with E-state index in [2.05, 4.69) is 61.4 Å². The Morgan fingerprint density at radius 3 is 2.79 bits per heavy atom. The maximum absolute atomic E-state index is 6.13. The van der Waals surface area contributed by atoms with Crippen molar-refractivity contribution in [2.24, 2.45) is 10.9 Å². The minimum absolute atomic E-state index is 0.215. The van der Waals surface area contributed by atoms with E-state index in [9.17, 15) is 0 Å². The van der Waals surface area contributed by atoms with Gasteiger partial charge in [0.25, 0.3) is 0 Å². The average Bonchev–Trinajstić information content (AvgIpc) is 3.43. The number of guanidine groups is 1. The number of likely N-dealkylation sites (tertiary alicyclic amines) is 1. The van der Waals surface area contributed by atoms with Crippen LogP contribution in [0.2, 0.25) is 0 Å². The second-order valence-electron chi connectivity index (χ2n) is 8.40. The van der Waals surface area contributed by atoms with E-state index in [0.717, 1.165) is 48.7 Å². The lowest BCUT2D eigenvalue weighted by Crippen LogP contribution is -2.40. The van der Waals surface area contributed by atoms with Crippen LogP contribution in [-0.2, 0) is 6.54 Å². The summed E-state index contributed by atoms with van der Waals surface area (Å²) in [5.41, 5.74) is 2.36. The Morgan fingerprint density at radius 1 is 1.25 bits per heavy atom. The van der Waals surface area contributed by atoms with Crippen molar-refractivity contribution in [2.45, 2.75) is 72.1 Å². The van der Waals surface area contributed by atoms with Crippen molar-refractivity contribution in [3.8, 4) is 5.75 Å². The summed E-state index contributed by atoms with van der Waals surface area (Å²) in [5, 5.41) is 6.96. The smallest absolute Gasteiger partial charge is 0.191 e. The van der Waals surface area contributed by atoms with Gasteiger partial charge < -0.3 is 20.3 Å². The Balaban J connectivity index is 1.57. The molecule has 2 fully saturated rings. The molecule has 0 bridgehead atoms. The van der Waals surface area contributed by atoms with E-state index >= 15 is 0 Å². The first-order valence-corrected chi connectivity index (χ1v) is 11.1. The van der Waals surface area contributed by atoms with Gasteiger partial charge in [0, 0.05) is 31.2 Å². The molecule has 5 nitrogen and oxygen atoms in total. The number of hydrogen-bond donors (Lipinski definition) is 2. The zero-order valence-corrected chi connectivity index (χ0v) is 18.1. The minimum Gasteiger partial charge on any atom is -0.490 e. The van der Waals surface area contributed by atoms with Crippen LogP contribution in [0.15, 0.2) is 23.2 Å². The molecule has 2 unspecified atom stereocenters. The highest BCUT2D eigenvalue weighted by molar-refractivity contribution is 5.79. The van der Waals surface area contributed by atoms with Crippen molar-refractivity contribution < 1.29 is 4.74 Å². The monoisotopic (exact) mass is 386 g/mol. The molecule has 1 aliphatic carbocycles. The van der Waals surface area contributed by atoms with Crippen molar-refractivity contribution in [2.75, 3.05) is 26.2 Å². The van der Waals surface area contributed by atoms with E-state index < -0.39 is 0 Å². The second-order valence-corrected chi connectivity index (χ2v) is 8.40. The number of nitrogens with one attached hydrogen (secondary N) is 2. The van der Waals surface area contributed by atoms with Crippen molar-refractivity contribution in [1.29, 1.82) is 0 Å². The first-order valence-electron chi connectivity index (χ1n) is 11.1. The van der Waals surface area contributed by atoms with Crippen LogP contribution in [0, 0.1) is 12.8 Å². The van der Waals surface area contributed by atoms with Crippen LogP contribution in [0.25, 0.3) is 0 Å². The van der Waals surface area contributed by atoms with Gasteiger partial charge in [-0.15, -0.1) is 0 Å². The molecule has 2 N–H and O–H groups in total. The summed E-state index contributed by atoms with van der Waals surface area (Å²) in [6.07, 6.45) is 5.32. The number of nitrogens with zero attached hydrogens (tertiary/aromatic N) is 2. The number of rotatable bonds is 9. The van der Waals surface area contributed by atoms with E-state index in [1.807, 2.05) is 0 Å². The van der Waals surface area contributed by atoms with E-state index in [0.29, 0.717) is 6.54 Å². The molecule has 0 amide bonds. The van der Waals surface area contributed by atoms with Gasteiger partial charge in [0.1, 0.15) is 5.75 Å². The van der Waals surface area contributed by atoms with E-state index in [4.69, 9.17) is 9.73 Å². The summed E-state index contributed by atoms with van der Waals surface area (Å²) < 4.78 is 6.13. The molecular formula is C23H38N4O. The van der Waals surface area contributed by atoms with Gasteiger partial charge in [-0.05, 0) is 70.5 Å². The summed E-state index contributed by atoms with van der Waals surface area (Å²) in [7, 11) is 0. The summed E-state index contributed by atoms with van der Waals surface area (Å²) >= 11 is 0. The summed E-state index contributed by atoms with van der Waals surface area (Å²) in [5.74, 6) is 2.60. The Kier molecular flexibility index (Phi) is 7.60. The van der Waals surface area contributed by atoms with Crippen molar-refractivity contribution >= 4 is 5.96 Å². The van der Waals surface area contributed by atoms with Crippen LogP contribution in [0.4, 0.5) is 0 Å². The van der Waals surface area contributed by atoms with E-state index in [-0.39, 0.29) is 6.10 Å². The predicted octanol–water partition coefficient (Wildman–Crippen LogP) is 3.71. The third-order valence-electron chi connectivity index (χ3n) is 5.82. The number of aryl methyl sites for hydroxylation is 1. The molecule has 1 aromatic rings. The molecule has 156 valence electrons. The quantitative estimate of drug-likeness (QED) is 0.502. The molecule has 1 saturated carbocycles. The molecule has 1 aromatic carbocycles. The summed E-state index contributed by atoms with van der Waals surface area (Å²) in [6.45, 7) is 13.5. The molecule has 2 aliphatic rings. The fourth-order valence-corrected chi connectivity index (χ4v) is 3.75. The maximum Gasteiger partial charge on any atom is 0.191 e. The molecule has 3 rings (SSSR count). The highest BCUT2D eigenvalue weighted by Gasteiger charge is 2.34. The number of hydrogen-bond acceptors (Lipinski definition) is 3. The highest BCUT2D eigenvalue weighted by atomic mass is 16.5. The second kappa shape index (κ2) is 10.1. The van der Waals surface area contributed by atoms with Gasteiger partial charge in [-0.25, -0.2) is 4.99 Å². The Hall–Kier alpha value is -1.75. The van der Waals surface area contributed by atoms with Gasteiger partial charge in [-0.1, -0.05) is 19.1 Å². The van der Waals surface area contributed by atoms with Gasteiger partial charge >= 0.3 is 0 Å². The van der Waals surface area contributed by atoms with Gasteiger partial charge in [-0.3, -0.25) is 0 Å². The molecule has 1 saturated heterocycles. The Labute approximate surface area is 170 Å². The van der Waals surface area contributed by atoms with Gasteiger partial charge in [0.15, 0.2) is 5.96 Å². The molecule has 0 spiro atoms. The minimum atomic E-state index is 0.215. The van der Waals surface area contributed by atoms with Gasteiger partial charge in [0.05, 0.1) is 12.6 Å². The first-order chi connectivity index (χ1) is 13.6. The average molecular weight is 387 g/mol. The number of ether oxygens (including phenoxy) is 1. The highest BCUT2D eigenvalue weighted by Crippen LogP contribution is 2.31. The summed E-state index contributed by atoms with van der Waals surface area (Å²) in [4.78, 5) is 7.50. The van der Waals surface area contributed by atoms with Crippen LogP contribution < -0.4 is 15.4 Å². The zero-order valence-electron chi connectivity index (χ0n) is 18.1. The van der Waals surface area contributed by atoms with Crippen LogP contribution in [0.1, 0.15) is 57.6 Å². The third kappa shape index (κ3) is 6.13. The fourth-order valence-electron chi connectivity index (χ4n) is 3.75. The summed E-state index contributed by atoms with van der Waals surface area (Å²) in [6, 6.07) is 7.30. The normalized spacial score (nSPS) is 21.6. The topological polar surface area (TPSA) is 48.9 Å². The number of benzene rings is 1. The standard InChI is InChI=1S/C23H38N4O/c1-5-18(4)28-22-13-17(3)7-8-20(22)15-26-23(24-6-2)25-14-19-11-12-27(16-19)21-9-10-21/h7-8,13,18-19,21H,5-6,9-12,14-16H2,1-4H3,(H2,24,25,26). The molecule has 28 heavy (non-hydrogen) atoms. The van der Waals surface area contributed by atoms with E-state index in [1.54, 1.807) is 0 Å². The SMILES string of the molecule is CCNC(=NCc1ccc(C)cc1OC(C)CC)NCC1CCN(C2CC2)C1. The van der Waals surface area contributed by atoms with Crippen LogP contribution in [0.3, 0.4) is 0 Å². The molecule has 1 heterocycles.